The van der Waals surface area contributed by atoms with Crippen molar-refractivity contribution in [2.75, 3.05) is 26.4 Å². The van der Waals surface area contributed by atoms with Crippen molar-refractivity contribution in [1.82, 2.24) is 5.32 Å². The average molecular weight is 135 g/mol. The molecule has 0 aliphatic carbocycles. The molecule has 1 N–H and O–H groups in total. The van der Waals surface area contributed by atoms with Gasteiger partial charge < -0.3 is 5.32 Å². The Morgan fingerprint density at radius 3 is 1.89 bits per heavy atom. The topological polar surface area (TPSA) is 12.0 Å². The van der Waals surface area contributed by atoms with Crippen LogP contribution in [-0.2, 0) is 0 Å². The number of halogens is 2. The highest BCUT2D eigenvalue weighted by molar-refractivity contribution is 4.79. The van der Waals surface area contributed by atoms with Gasteiger partial charge in [0.05, 0.1) is 13.3 Å². The third kappa shape index (κ3) is 1.39. The molecule has 1 saturated heterocycles. The quantitative estimate of drug-likeness (QED) is 0.589. The van der Waals surface area contributed by atoms with Crippen LogP contribution in [0.15, 0.2) is 0 Å². The monoisotopic (exact) mass is 135 g/mol. The maximum Gasteiger partial charge on any atom is 0.0938 e. The molecule has 0 saturated carbocycles. The van der Waals surface area contributed by atoms with Gasteiger partial charge in [-0.3, -0.25) is 8.78 Å². The van der Waals surface area contributed by atoms with Gasteiger partial charge in [-0.25, -0.2) is 0 Å². The highest BCUT2D eigenvalue weighted by Gasteiger charge is 2.26. The van der Waals surface area contributed by atoms with Crippen LogP contribution in [0.3, 0.4) is 0 Å². The second kappa shape index (κ2) is 3.11. The van der Waals surface area contributed by atoms with E-state index in [9.17, 15) is 8.78 Å². The zero-order valence-corrected chi connectivity index (χ0v) is 5.24. The van der Waals surface area contributed by atoms with Crippen molar-refractivity contribution in [3.63, 3.8) is 0 Å². The van der Waals surface area contributed by atoms with Crippen LogP contribution < -0.4 is 5.32 Å². The van der Waals surface area contributed by atoms with Gasteiger partial charge in [-0.15, -0.1) is 0 Å². The summed E-state index contributed by atoms with van der Waals surface area (Å²) in [5, 5.41) is 2.94. The molecule has 0 aromatic rings. The van der Waals surface area contributed by atoms with Crippen molar-refractivity contribution in [1.29, 1.82) is 0 Å². The van der Waals surface area contributed by atoms with Gasteiger partial charge in [-0.1, -0.05) is 0 Å². The van der Waals surface area contributed by atoms with Gasteiger partial charge in [0.25, 0.3) is 0 Å². The van der Waals surface area contributed by atoms with E-state index in [0.717, 1.165) is 0 Å². The molecule has 0 unspecified atom stereocenters. The second-order valence-corrected chi connectivity index (χ2v) is 2.49. The molecule has 0 aromatic carbocycles. The largest absolute Gasteiger partial charge is 0.316 e. The number of rotatable bonds is 2. The number of alkyl halides is 2. The Kier molecular flexibility index (Phi) is 2.39. The minimum Gasteiger partial charge on any atom is -0.316 e. The first-order chi connectivity index (χ1) is 4.38. The van der Waals surface area contributed by atoms with E-state index in [1.165, 1.54) is 0 Å². The summed E-state index contributed by atoms with van der Waals surface area (Å²) < 4.78 is 23.9. The third-order valence-corrected chi connectivity index (χ3v) is 1.88. The molecule has 0 bridgehead atoms. The lowest BCUT2D eigenvalue weighted by molar-refractivity contribution is 0.265. The molecule has 0 spiro atoms. The Bertz CT molecular complexity index is 77.1. The molecule has 1 nitrogen and oxygen atoms in total. The fourth-order valence-corrected chi connectivity index (χ4v) is 1.15. The highest BCUT2D eigenvalue weighted by atomic mass is 19.1. The number of hydrogen-bond donors (Lipinski definition) is 1. The van der Waals surface area contributed by atoms with E-state index in [1.54, 1.807) is 0 Å². The minimum absolute atomic E-state index is 0.0741. The molecule has 0 radical (unpaired) electrons. The van der Waals surface area contributed by atoms with Crippen molar-refractivity contribution < 1.29 is 8.78 Å². The highest BCUT2D eigenvalue weighted by Crippen LogP contribution is 2.16. The Morgan fingerprint density at radius 2 is 1.56 bits per heavy atom. The molecule has 1 fully saturated rings. The van der Waals surface area contributed by atoms with Gasteiger partial charge in [-0.2, -0.15) is 0 Å². The number of nitrogens with one attached hydrogen (secondary N) is 1. The van der Waals surface area contributed by atoms with Crippen LogP contribution in [0, 0.1) is 11.8 Å². The van der Waals surface area contributed by atoms with E-state index in [2.05, 4.69) is 5.32 Å². The van der Waals surface area contributed by atoms with Crippen LogP contribution in [0.5, 0.6) is 0 Å². The molecule has 9 heavy (non-hydrogen) atoms. The Morgan fingerprint density at radius 1 is 1.11 bits per heavy atom. The lowest BCUT2D eigenvalue weighted by atomic mass is 9.99. The molecule has 0 aromatic heterocycles. The predicted octanol–water partition coefficient (Wildman–Crippen LogP) is 0.761. The average Bonchev–Trinajstić information content (AvgIpc) is 2.33. The van der Waals surface area contributed by atoms with Crippen molar-refractivity contribution in [2.45, 2.75) is 0 Å². The molecule has 54 valence electrons. The summed E-state index contributed by atoms with van der Waals surface area (Å²) in [5.41, 5.74) is 0. The molecule has 2 atom stereocenters. The minimum atomic E-state index is -0.387. The van der Waals surface area contributed by atoms with Crippen LogP contribution >= 0.6 is 0 Å². The van der Waals surface area contributed by atoms with E-state index < -0.39 is 0 Å². The lowest BCUT2D eigenvalue weighted by Crippen LogP contribution is -2.15. The molecule has 1 aliphatic heterocycles. The normalized spacial score (nSPS) is 35.3. The van der Waals surface area contributed by atoms with E-state index in [4.69, 9.17) is 0 Å². The Balaban J connectivity index is 2.32. The van der Waals surface area contributed by atoms with Gasteiger partial charge >= 0.3 is 0 Å². The summed E-state index contributed by atoms with van der Waals surface area (Å²) >= 11 is 0. The number of hydrogen-bond acceptors (Lipinski definition) is 1. The van der Waals surface area contributed by atoms with Crippen LogP contribution in [0.1, 0.15) is 0 Å². The smallest absolute Gasteiger partial charge is 0.0938 e. The summed E-state index contributed by atoms with van der Waals surface area (Å²) in [6.45, 7) is 0.513. The third-order valence-electron chi connectivity index (χ3n) is 1.88. The summed E-state index contributed by atoms with van der Waals surface area (Å²) in [6, 6.07) is 0. The van der Waals surface area contributed by atoms with Gasteiger partial charge in [-0.05, 0) is 0 Å². The SMILES string of the molecule is FC[C@@H]1CNC[C@H]1CF. The van der Waals surface area contributed by atoms with E-state index in [1.807, 2.05) is 0 Å². The second-order valence-electron chi connectivity index (χ2n) is 2.49. The predicted molar refractivity (Wildman–Crippen MR) is 31.8 cm³/mol. The molecule has 1 heterocycles. The van der Waals surface area contributed by atoms with Gasteiger partial charge in [0.2, 0.25) is 0 Å². The van der Waals surface area contributed by atoms with Gasteiger partial charge in [0.1, 0.15) is 0 Å². The van der Waals surface area contributed by atoms with Crippen molar-refractivity contribution >= 4 is 0 Å². The zero-order chi connectivity index (χ0) is 6.69. The van der Waals surface area contributed by atoms with Crippen LogP contribution in [0.2, 0.25) is 0 Å². The molecular weight excluding hydrogens is 124 g/mol. The van der Waals surface area contributed by atoms with E-state index in [0.29, 0.717) is 13.1 Å². The van der Waals surface area contributed by atoms with Crippen LogP contribution in [0.4, 0.5) is 8.78 Å². The molecular formula is C6H11F2N. The molecule has 0 amide bonds. The zero-order valence-electron chi connectivity index (χ0n) is 5.24. The van der Waals surface area contributed by atoms with Crippen molar-refractivity contribution in [2.24, 2.45) is 11.8 Å². The Hall–Kier alpha value is -0.180. The first-order valence-corrected chi connectivity index (χ1v) is 3.21. The first kappa shape index (κ1) is 6.93. The maximum atomic E-state index is 11.9. The Labute approximate surface area is 53.4 Å². The van der Waals surface area contributed by atoms with E-state index in [-0.39, 0.29) is 25.2 Å². The fourth-order valence-electron chi connectivity index (χ4n) is 1.15. The lowest BCUT2D eigenvalue weighted by Gasteiger charge is -2.08. The molecule has 1 aliphatic rings. The van der Waals surface area contributed by atoms with Crippen molar-refractivity contribution in [3.8, 4) is 0 Å². The van der Waals surface area contributed by atoms with Crippen LogP contribution in [-0.4, -0.2) is 26.4 Å². The molecule has 1 rings (SSSR count). The maximum absolute atomic E-state index is 11.9. The summed E-state index contributed by atoms with van der Waals surface area (Å²) in [4.78, 5) is 0. The molecule has 3 heteroatoms. The van der Waals surface area contributed by atoms with E-state index >= 15 is 0 Å². The van der Waals surface area contributed by atoms with Gasteiger partial charge in [0.15, 0.2) is 0 Å². The first-order valence-electron chi connectivity index (χ1n) is 3.21. The summed E-state index contributed by atoms with van der Waals surface area (Å²) in [7, 11) is 0. The standard InChI is InChI=1S/C6H11F2N/c7-1-5-3-9-4-6(5)2-8/h5-6,9H,1-4H2/t5-,6-/m1/s1. The summed E-state index contributed by atoms with van der Waals surface area (Å²) in [6.07, 6.45) is 0. The summed E-state index contributed by atoms with van der Waals surface area (Å²) in [5.74, 6) is -0.148. The fraction of sp³-hybridized carbons (Fsp3) is 1.00. The van der Waals surface area contributed by atoms with Gasteiger partial charge in [0, 0.05) is 24.9 Å². The van der Waals surface area contributed by atoms with Crippen LogP contribution in [0.25, 0.3) is 0 Å². The van der Waals surface area contributed by atoms with Crippen molar-refractivity contribution in [3.05, 3.63) is 0 Å².